The number of carbonyl (C=O) groups excluding carboxylic acids is 4. The van der Waals surface area contributed by atoms with E-state index in [1.54, 1.807) is 11.8 Å². The molecule has 0 unspecified atom stereocenters. The Balaban J connectivity index is 2.09. The van der Waals surface area contributed by atoms with E-state index in [0.717, 1.165) is 23.0 Å². The van der Waals surface area contributed by atoms with E-state index in [4.69, 9.17) is 0 Å². The van der Waals surface area contributed by atoms with Crippen LogP contribution in [-0.4, -0.2) is 48.0 Å². The molecule has 6 nitrogen and oxygen atoms in total. The van der Waals surface area contributed by atoms with Crippen molar-refractivity contribution in [2.75, 3.05) is 12.0 Å². The summed E-state index contributed by atoms with van der Waals surface area (Å²) in [5.41, 5.74) is 3.03. The molecule has 7 heteroatoms. The lowest BCUT2D eigenvalue weighted by Crippen LogP contribution is -2.52. The maximum atomic E-state index is 13.1. The van der Waals surface area contributed by atoms with Crippen LogP contribution in [0.2, 0.25) is 0 Å². The lowest BCUT2D eigenvalue weighted by molar-refractivity contribution is -0.131. The second-order valence-electron chi connectivity index (χ2n) is 8.54. The predicted octanol–water partition coefficient (Wildman–Crippen LogP) is 3.30. The minimum atomic E-state index is -0.793. The van der Waals surface area contributed by atoms with Crippen LogP contribution in [0.25, 0.3) is 0 Å². The number of aryl methyl sites for hydroxylation is 1. The van der Waals surface area contributed by atoms with E-state index in [1.165, 1.54) is 6.92 Å². The molecule has 3 atom stereocenters. The number of amides is 2. The molecule has 2 aromatic carbocycles. The van der Waals surface area contributed by atoms with Gasteiger partial charge in [0.15, 0.2) is 5.78 Å². The van der Waals surface area contributed by atoms with Gasteiger partial charge in [0.1, 0.15) is 12.3 Å². The lowest BCUT2D eigenvalue weighted by Gasteiger charge is -2.23. The molecule has 34 heavy (non-hydrogen) atoms. The molecule has 2 rings (SSSR count). The normalized spacial score (nSPS) is 13.4. The van der Waals surface area contributed by atoms with Crippen LogP contribution < -0.4 is 10.6 Å². The molecule has 0 bridgehead atoms. The van der Waals surface area contributed by atoms with Crippen molar-refractivity contribution in [3.05, 3.63) is 71.3 Å². The summed E-state index contributed by atoms with van der Waals surface area (Å²) >= 11 is 1.58. The van der Waals surface area contributed by atoms with E-state index < -0.39 is 23.9 Å². The summed E-state index contributed by atoms with van der Waals surface area (Å²) in [7, 11) is 0. The van der Waals surface area contributed by atoms with Gasteiger partial charge < -0.3 is 15.4 Å². The third-order valence-electron chi connectivity index (χ3n) is 5.57. The van der Waals surface area contributed by atoms with E-state index in [-0.39, 0.29) is 18.1 Å². The number of benzene rings is 2. The average molecular weight is 483 g/mol. The van der Waals surface area contributed by atoms with Crippen LogP contribution in [-0.2, 0) is 32.0 Å². The first kappa shape index (κ1) is 27.3. The van der Waals surface area contributed by atoms with Crippen LogP contribution in [0.1, 0.15) is 36.5 Å². The fraction of sp³-hybridized carbons (Fsp3) is 0.407. The molecule has 0 spiro atoms. The van der Waals surface area contributed by atoms with Crippen LogP contribution in [0, 0.1) is 12.8 Å². The molecule has 0 aliphatic carbocycles. The summed E-state index contributed by atoms with van der Waals surface area (Å²) in [5, 5.41) is 5.54. The molecule has 0 aromatic heterocycles. The SMILES string of the molecule is CSCC[C@H](NC(=O)[C@H](Cc1ccccc1)NC(C)=O)C(=O)C[C@H](C=O)Cc1ccc(C)cc1. The number of ketones is 1. The van der Waals surface area contributed by atoms with E-state index in [9.17, 15) is 19.2 Å². The summed E-state index contributed by atoms with van der Waals surface area (Å²) in [4.78, 5) is 49.6. The Labute approximate surface area is 206 Å². The van der Waals surface area contributed by atoms with Crippen molar-refractivity contribution >= 4 is 35.6 Å². The van der Waals surface area contributed by atoms with Gasteiger partial charge in [-0.25, -0.2) is 0 Å². The van der Waals surface area contributed by atoms with Crippen LogP contribution in [0.3, 0.4) is 0 Å². The third-order valence-corrected chi connectivity index (χ3v) is 6.21. The first-order valence-electron chi connectivity index (χ1n) is 11.5. The highest BCUT2D eigenvalue weighted by molar-refractivity contribution is 7.98. The van der Waals surface area contributed by atoms with Gasteiger partial charge in [0.25, 0.3) is 0 Å². The smallest absolute Gasteiger partial charge is 0.243 e. The van der Waals surface area contributed by atoms with Crippen LogP contribution >= 0.6 is 11.8 Å². The molecule has 0 aliphatic heterocycles. The van der Waals surface area contributed by atoms with Crippen molar-refractivity contribution in [1.29, 1.82) is 0 Å². The van der Waals surface area contributed by atoms with Crippen molar-refractivity contribution in [3.63, 3.8) is 0 Å². The van der Waals surface area contributed by atoms with E-state index in [2.05, 4.69) is 10.6 Å². The Kier molecular flexibility index (Phi) is 11.5. The summed E-state index contributed by atoms with van der Waals surface area (Å²) in [6, 6.07) is 15.8. The predicted molar refractivity (Wildman–Crippen MR) is 137 cm³/mol. The molecule has 0 saturated carbocycles. The Morgan fingerprint density at radius 2 is 1.56 bits per heavy atom. The number of carbonyl (C=O) groups is 4. The zero-order chi connectivity index (χ0) is 24.9. The van der Waals surface area contributed by atoms with Crippen molar-refractivity contribution in [2.24, 2.45) is 5.92 Å². The maximum Gasteiger partial charge on any atom is 0.243 e. The summed E-state index contributed by atoms with van der Waals surface area (Å²) < 4.78 is 0. The van der Waals surface area contributed by atoms with Gasteiger partial charge in [-0.3, -0.25) is 14.4 Å². The van der Waals surface area contributed by atoms with E-state index in [1.807, 2.05) is 67.8 Å². The highest BCUT2D eigenvalue weighted by Crippen LogP contribution is 2.15. The monoisotopic (exact) mass is 482 g/mol. The first-order valence-corrected chi connectivity index (χ1v) is 12.9. The van der Waals surface area contributed by atoms with E-state index in [0.29, 0.717) is 25.0 Å². The topological polar surface area (TPSA) is 92.3 Å². The highest BCUT2D eigenvalue weighted by atomic mass is 32.2. The standard InChI is InChI=1S/C27H34N2O4S/c1-19-9-11-22(12-10-19)15-23(18-30)17-26(32)24(13-14-34-3)29-27(33)25(28-20(2)31)16-21-7-5-4-6-8-21/h4-12,18,23-25H,13-17H2,1-3H3,(H,28,31)(H,29,33)/t23-,24+,25+/m1/s1. The Hall–Kier alpha value is -2.93. The minimum Gasteiger partial charge on any atom is -0.344 e. The molecule has 0 radical (unpaired) electrons. The number of rotatable bonds is 14. The molecule has 0 fully saturated rings. The Morgan fingerprint density at radius 1 is 0.912 bits per heavy atom. The number of Topliss-reactive ketones (excluding diaryl/α,β-unsaturated/α-hetero) is 1. The van der Waals surface area contributed by atoms with Crippen LogP contribution in [0.15, 0.2) is 54.6 Å². The fourth-order valence-electron chi connectivity index (χ4n) is 3.72. The second kappa shape index (κ2) is 14.4. The molecule has 0 aliphatic rings. The van der Waals surface area contributed by atoms with Gasteiger partial charge >= 0.3 is 0 Å². The summed E-state index contributed by atoms with van der Waals surface area (Å²) in [6.07, 6.45) is 4.06. The van der Waals surface area contributed by atoms with Gasteiger partial charge in [0.2, 0.25) is 11.8 Å². The highest BCUT2D eigenvalue weighted by Gasteiger charge is 2.27. The third kappa shape index (κ3) is 9.51. The van der Waals surface area contributed by atoms with Crippen LogP contribution in [0.4, 0.5) is 0 Å². The molecule has 2 N–H and O–H groups in total. The molecule has 0 saturated heterocycles. The van der Waals surface area contributed by atoms with Gasteiger partial charge in [0.05, 0.1) is 6.04 Å². The Morgan fingerprint density at radius 3 is 2.15 bits per heavy atom. The quantitative estimate of drug-likeness (QED) is 0.403. The van der Waals surface area contributed by atoms with Crippen molar-refractivity contribution < 1.29 is 19.2 Å². The van der Waals surface area contributed by atoms with Gasteiger partial charge in [-0.05, 0) is 42.9 Å². The number of thioether (sulfide) groups is 1. The van der Waals surface area contributed by atoms with Gasteiger partial charge in [-0.1, -0.05) is 60.2 Å². The van der Waals surface area contributed by atoms with Gasteiger partial charge in [-0.15, -0.1) is 0 Å². The van der Waals surface area contributed by atoms with Crippen LogP contribution in [0.5, 0.6) is 0 Å². The van der Waals surface area contributed by atoms with Gasteiger partial charge in [-0.2, -0.15) is 11.8 Å². The largest absolute Gasteiger partial charge is 0.344 e. The number of hydrogen-bond donors (Lipinski definition) is 2. The molecule has 2 amide bonds. The zero-order valence-electron chi connectivity index (χ0n) is 20.1. The molecule has 2 aromatic rings. The first-order chi connectivity index (χ1) is 16.3. The number of hydrogen-bond acceptors (Lipinski definition) is 5. The molecular formula is C27H34N2O4S. The van der Waals surface area contributed by atoms with Crippen molar-refractivity contribution in [1.82, 2.24) is 10.6 Å². The molecule has 0 heterocycles. The molecular weight excluding hydrogens is 448 g/mol. The maximum absolute atomic E-state index is 13.1. The van der Waals surface area contributed by atoms with Crippen molar-refractivity contribution in [3.8, 4) is 0 Å². The number of nitrogens with one attached hydrogen (secondary N) is 2. The van der Waals surface area contributed by atoms with Crippen molar-refractivity contribution in [2.45, 2.75) is 51.6 Å². The fourth-order valence-corrected chi connectivity index (χ4v) is 4.19. The van der Waals surface area contributed by atoms with E-state index >= 15 is 0 Å². The molecule has 182 valence electrons. The average Bonchev–Trinajstić information content (AvgIpc) is 2.82. The Bertz CT molecular complexity index is 947. The second-order valence-corrected chi connectivity index (χ2v) is 9.53. The zero-order valence-corrected chi connectivity index (χ0v) is 20.9. The lowest BCUT2D eigenvalue weighted by atomic mass is 9.92. The van der Waals surface area contributed by atoms with Gasteiger partial charge in [0, 0.05) is 25.7 Å². The number of aldehydes is 1. The summed E-state index contributed by atoms with van der Waals surface area (Å²) in [5.74, 6) is -0.668. The summed E-state index contributed by atoms with van der Waals surface area (Å²) in [6.45, 7) is 3.36. The minimum absolute atomic E-state index is 0.0557.